The molecule has 9 heteroatoms. The smallest absolute Gasteiger partial charge is 0.298 e. The van der Waals surface area contributed by atoms with Crippen LogP contribution in [-0.4, -0.2) is 22.2 Å². The van der Waals surface area contributed by atoms with E-state index in [9.17, 15) is 27.6 Å². The van der Waals surface area contributed by atoms with E-state index >= 15 is 0 Å². The molecule has 0 fully saturated rings. The molecule has 2 aromatic carbocycles. The molecule has 0 aliphatic heterocycles. The summed E-state index contributed by atoms with van der Waals surface area (Å²) in [5, 5.41) is 4.89. The Balaban J connectivity index is 1.87. The second-order valence-electron chi connectivity index (χ2n) is 7.32. The predicted molar refractivity (Wildman–Crippen MR) is 113 cm³/mol. The molecule has 6 nitrogen and oxygen atoms in total. The zero-order chi connectivity index (χ0) is 23.7. The summed E-state index contributed by atoms with van der Waals surface area (Å²) in [6.45, 7) is 4.70. The lowest BCUT2D eigenvalue weighted by molar-refractivity contribution is -0.112. The Morgan fingerprint density at radius 1 is 0.812 bits per heavy atom. The minimum atomic E-state index is -1.17. The fourth-order valence-electron chi connectivity index (χ4n) is 3.42. The molecular weight excluding hydrogens is 423 g/mol. The van der Waals surface area contributed by atoms with E-state index in [2.05, 4.69) is 10.6 Å². The van der Waals surface area contributed by atoms with Crippen LogP contribution in [0.3, 0.4) is 0 Å². The summed E-state index contributed by atoms with van der Waals surface area (Å²) < 4.78 is 41.3. The highest BCUT2D eigenvalue weighted by molar-refractivity contribution is 6.46. The van der Waals surface area contributed by atoms with Crippen molar-refractivity contribution in [3.63, 3.8) is 0 Å². The summed E-state index contributed by atoms with van der Waals surface area (Å²) in [5.74, 6) is -5.21. The Hall–Kier alpha value is -3.88. The van der Waals surface area contributed by atoms with E-state index in [1.54, 1.807) is 13.8 Å². The Kier molecular flexibility index (Phi) is 6.20. The number of rotatable bonds is 5. The molecule has 0 radical (unpaired) electrons. The lowest BCUT2D eigenvalue weighted by Crippen LogP contribution is -2.25. The Morgan fingerprint density at radius 3 is 2.00 bits per heavy atom. The number of benzene rings is 2. The SMILES string of the molecule is Cc1cc(NC(=O)c2c(C)c(C(=O)C(=O)Nc3ccc(F)c(F)c3)n(C)c2C)ccc1F. The van der Waals surface area contributed by atoms with Crippen molar-refractivity contribution in [2.45, 2.75) is 20.8 Å². The van der Waals surface area contributed by atoms with Gasteiger partial charge in [-0.05, 0) is 62.2 Å². The first-order valence-electron chi connectivity index (χ1n) is 9.55. The van der Waals surface area contributed by atoms with Gasteiger partial charge in [0.15, 0.2) is 11.6 Å². The molecule has 0 spiro atoms. The fourth-order valence-corrected chi connectivity index (χ4v) is 3.42. The van der Waals surface area contributed by atoms with Gasteiger partial charge in [0.1, 0.15) is 5.82 Å². The van der Waals surface area contributed by atoms with Gasteiger partial charge in [0.25, 0.3) is 17.6 Å². The molecule has 0 aliphatic carbocycles. The predicted octanol–water partition coefficient (Wildman–Crippen LogP) is 4.44. The number of amides is 2. The van der Waals surface area contributed by atoms with Crippen LogP contribution in [0, 0.1) is 38.2 Å². The summed E-state index contributed by atoms with van der Waals surface area (Å²) in [4.78, 5) is 38.1. The van der Waals surface area contributed by atoms with Gasteiger partial charge in [0.05, 0.1) is 11.3 Å². The molecule has 32 heavy (non-hydrogen) atoms. The number of aromatic nitrogens is 1. The van der Waals surface area contributed by atoms with Gasteiger partial charge in [-0.1, -0.05) is 0 Å². The van der Waals surface area contributed by atoms with Crippen molar-refractivity contribution >= 4 is 29.0 Å². The van der Waals surface area contributed by atoms with Crippen LogP contribution in [0.25, 0.3) is 0 Å². The standard InChI is InChI=1S/C23H20F3N3O3/c1-11-9-14(5-7-16(11)24)27-22(31)19-12(2)20(29(4)13(19)3)21(30)23(32)28-15-6-8-17(25)18(26)10-15/h5-10H,1-4H3,(H,27,31)(H,28,32). The molecule has 0 bridgehead atoms. The van der Waals surface area contributed by atoms with Crippen LogP contribution in [0.5, 0.6) is 0 Å². The van der Waals surface area contributed by atoms with Crippen molar-refractivity contribution in [1.29, 1.82) is 0 Å². The number of carbonyl (C=O) groups is 3. The second-order valence-corrected chi connectivity index (χ2v) is 7.32. The molecule has 166 valence electrons. The van der Waals surface area contributed by atoms with E-state index in [0.29, 0.717) is 16.9 Å². The molecule has 0 atom stereocenters. The number of nitrogens with zero attached hydrogens (tertiary/aromatic N) is 1. The molecule has 1 heterocycles. The maximum Gasteiger partial charge on any atom is 0.298 e. The van der Waals surface area contributed by atoms with Gasteiger partial charge in [0.2, 0.25) is 0 Å². The minimum Gasteiger partial charge on any atom is -0.344 e. The third kappa shape index (κ3) is 4.27. The third-order valence-electron chi connectivity index (χ3n) is 5.17. The van der Waals surface area contributed by atoms with Gasteiger partial charge in [-0.2, -0.15) is 0 Å². The number of carbonyl (C=O) groups excluding carboxylic acids is 3. The summed E-state index contributed by atoms with van der Waals surface area (Å²) in [6, 6.07) is 6.82. The topological polar surface area (TPSA) is 80.2 Å². The van der Waals surface area contributed by atoms with E-state index < -0.39 is 35.0 Å². The van der Waals surface area contributed by atoms with Gasteiger partial charge in [-0.25, -0.2) is 13.2 Å². The molecule has 3 rings (SSSR count). The van der Waals surface area contributed by atoms with Gasteiger partial charge in [0, 0.05) is 30.2 Å². The van der Waals surface area contributed by atoms with E-state index in [-0.39, 0.29) is 22.5 Å². The maximum atomic E-state index is 13.5. The quantitative estimate of drug-likeness (QED) is 0.452. The zero-order valence-corrected chi connectivity index (χ0v) is 17.8. The number of Topliss-reactive ketones (excluding diaryl/α,β-unsaturated/α-hetero) is 1. The van der Waals surface area contributed by atoms with Crippen molar-refractivity contribution in [1.82, 2.24) is 4.57 Å². The number of hydrogen-bond donors (Lipinski definition) is 2. The van der Waals surface area contributed by atoms with Gasteiger partial charge in [-0.15, -0.1) is 0 Å². The lowest BCUT2D eigenvalue weighted by Gasteiger charge is -2.08. The normalized spacial score (nSPS) is 10.7. The van der Waals surface area contributed by atoms with Crippen molar-refractivity contribution in [3.8, 4) is 0 Å². The highest BCUT2D eigenvalue weighted by Crippen LogP contribution is 2.24. The Labute approximate surface area is 182 Å². The number of hydrogen-bond acceptors (Lipinski definition) is 3. The van der Waals surface area contributed by atoms with Gasteiger partial charge < -0.3 is 15.2 Å². The first kappa shape index (κ1) is 22.8. The van der Waals surface area contributed by atoms with Crippen molar-refractivity contribution in [2.75, 3.05) is 10.6 Å². The van der Waals surface area contributed by atoms with Crippen LogP contribution in [0.4, 0.5) is 24.5 Å². The monoisotopic (exact) mass is 443 g/mol. The van der Waals surface area contributed by atoms with Crippen molar-refractivity contribution in [2.24, 2.45) is 7.05 Å². The van der Waals surface area contributed by atoms with Crippen molar-refractivity contribution < 1.29 is 27.6 Å². The number of anilines is 2. The largest absolute Gasteiger partial charge is 0.344 e. The van der Waals surface area contributed by atoms with Crippen molar-refractivity contribution in [3.05, 3.63) is 81.9 Å². The molecule has 3 aromatic rings. The van der Waals surface area contributed by atoms with E-state index in [0.717, 1.165) is 18.2 Å². The molecule has 0 saturated heterocycles. The number of ketones is 1. The second kappa shape index (κ2) is 8.70. The minimum absolute atomic E-state index is 0.0250. The Morgan fingerprint density at radius 2 is 1.41 bits per heavy atom. The lowest BCUT2D eigenvalue weighted by atomic mass is 10.1. The van der Waals surface area contributed by atoms with Crippen LogP contribution in [0.1, 0.15) is 37.7 Å². The third-order valence-corrected chi connectivity index (χ3v) is 5.17. The summed E-state index contributed by atoms with van der Waals surface area (Å²) in [5.41, 5.74) is 1.51. The molecular formula is C23H20F3N3O3. The number of aryl methyl sites for hydroxylation is 1. The molecule has 0 saturated carbocycles. The number of halogens is 3. The van der Waals surface area contributed by atoms with Crippen LogP contribution in [0.15, 0.2) is 36.4 Å². The average molecular weight is 443 g/mol. The van der Waals surface area contributed by atoms with Gasteiger partial charge >= 0.3 is 0 Å². The van der Waals surface area contributed by atoms with Gasteiger partial charge in [-0.3, -0.25) is 14.4 Å². The summed E-state index contributed by atoms with van der Waals surface area (Å²) in [7, 11) is 1.53. The average Bonchev–Trinajstić information content (AvgIpc) is 2.95. The highest BCUT2D eigenvalue weighted by atomic mass is 19.2. The molecule has 0 aliphatic rings. The zero-order valence-electron chi connectivity index (χ0n) is 17.8. The number of nitrogens with one attached hydrogen (secondary N) is 2. The summed E-state index contributed by atoms with van der Waals surface area (Å²) in [6.07, 6.45) is 0. The first-order valence-corrected chi connectivity index (χ1v) is 9.55. The van der Waals surface area contributed by atoms with E-state index in [1.807, 2.05) is 0 Å². The van der Waals surface area contributed by atoms with Crippen LogP contribution in [-0.2, 0) is 11.8 Å². The molecule has 1 aromatic heterocycles. The van der Waals surface area contributed by atoms with Crippen LogP contribution < -0.4 is 10.6 Å². The highest BCUT2D eigenvalue weighted by Gasteiger charge is 2.28. The van der Waals surface area contributed by atoms with E-state index in [4.69, 9.17) is 0 Å². The molecule has 2 amide bonds. The molecule has 0 unspecified atom stereocenters. The summed E-state index contributed by atoms with van der Waals surface area (Å²) >= 11 is 0. The van der Waals surface area contributed by atoms with Crippen LogP contribution >= 0.6 is 0 Å². The van der Waals surface area contributed by atoms with E-state index in [1.165, 1.54) is 36.7 Å². The first-order chi connectivity index (χ1) is 15.0. The Bertz CT molecular complexity index is 1270. The van der Waals surface area contributed by atoms with Crippen LogP contribution in [0.2, 0.25) is 0 Å². The molecule has 2 N–H and O–H groups in total. The maximum absolute atomic E-state index is 13.5. The fraction of sp³-hybridized carbons (Fsp3) is 0.174.